The highest BCUT2D eigenvalue weighted by Gasteiger charge is 2.09. The first-order chi connectivity index (χ1) is 7.86. The lowest BCUT2D eigenvalue weighted by atomic mass is 10.1. The van der Waals surface area contributed by atoms with Gasteiger partial charge in [0.15, 0.2) is 0 Å². The molecule has 1 aromatic heterocycles. The summed E-state index contributed by atoms with van der Waals surface area (Å²) in [6.45, 7) is 3.25. The maximum Gasteiger partial charge on any atom is 0.127 e. The molecule has 0 aliphatic heterocycles. The van der Waals surface area contributed by atoms with Crippen LogP contribution < -0.4 is 10.5 Å². The third kappa shape index (κ3) is 2.10. The van der Waals surface area contributed by atoms with Crippen molar-refractivity contribution < 1.29 is 4.74 Å². The van der Waals surface area contributed by atoms with Gasteiger partial charge < -0.3 is 10.5 Å². The van der Waals surface area contributed by atoms with E-state index in [0.717, 1.165) is 11.3 Å². The minimum absolute atomic E-state index is 0.577. The Hall–Kier alpha value is -1.32. The van der Waals surface area contributed by atoms with Crippen molar-refractivity contribution in [3.05, 3.63) is 40.6 Å². The summed E-state index contributed by atoms with van der Waals surface area (Å²) >= 11 is 1.69. The predicted octanol–water partition coefficient (Wildman–Crippen LogP) is 3.27. The Bertz CT molecular complexity index is 464. The molecule has 2 nitrogen and oxygen atoms in total. The zero-order valence-electron chi connectivity index (χ0n) is 9.27. The summed E-state index contributed by atoms with van der Waals surface area (Å²) in [5.74, 6) is 0.929. The average molecular weight is 233 g/mol. The predicted molar refractivity (Wildman–Crippen MR) is 68.8 cm³/mol. The van der Waals surface area contributed by atoms with E-state index in [0.29, 0.717) is 13.2 Å². The van der Waals surface area contributed by atoms with Gasteiger partial charge in [-0.2, -0.15) is 0 Å². The van der Waals surface area contributed by atoms with Crippen molar-refractivity contribution in [3.63, 3.8) is 0 Å². The number of hydrogen-bond donors (Lipinski definition) is 1. The third-order valence-electron chi connectivity index (χ3n) is 2.41. The number of benzene rings is 1. The molecule has 0 atom stereocenters. The van der Waals surface area contributed by atoms with Gasteiger partial charge in [0.2, 0.25) is 0 Å². The lowest BCUT2D eigenvalue weighted by molar-refractivity contribution is 0.341. The molecule has 2 N–H and O–H groups in total. The second-order valence-electron chi connectivity index (χ2n) is 3.39. The molecule has 1 heterocycles. The van der Waals surface area contributed by atoms with Crippen molar-refractivity contribution in [2.75, 3.05) is 6.61 Å². The number of para-hydroxylation sites is 1. The fourth-order valence-electron chi connectivity index (χ4n) is 1.71. The second kappa shape index (κ2) is 5.14. The molecular formula is C13H15NOS. The van der Waals surface area contributed by atoms with Crippen LogP contribution in [0.5, 0.6) is 5.75 Å². The molecule has 0 fully saturated rings. The van der Waals surface area contributed by atoms with Crippen LogP contribution in [0.15, 0.2) is 35.7 Å². The van der Waals surface area contributed by atoms with Gasteiger partial charge in [-0.25, -0.2) is 0 Å². The zero-order valence-corrected chi connectivity index (χ0v) is 10.1. The first-order valence-electron chi connectivity index (χ1n) is 5.35. The molecule has 0 unspecified atom stereocenters. The highest BCUT2D eigenvalue weighted by atomic mass is 32.1. The van der Waals surface area contributed by atoms with E-state index >= 15 is 0 Å². The van der Waals surface area contributed by atoms with Crippen molar-refractivity contribution in [1.29, 1.82) is 0 Å². The molecule has 3 heteroatoms. The van der Waals surface area contributed by atoms with Crippen LogP contribution in [0.25, 0.3) is 11.1 Å². The minimum atomic E-state index is 0.577. The molecule has 0 aliphatic carbocycles. The summed E-state index contributed by atoms with van der Waals surface area (Å²) in [5, 5.41) is 2.07. The molecule has 2 rings (SSSR count). The molecule has 0 saturated heterocycles. The van der Waals surface area contributed by atoms with Gasteiger partial charge in [0.1, 0.15) is 5.75 Å². The Balaban J connectivity index is 2.46. The smallest absolute Gasteiger partial charge is 0.127 e. The number of thiophene rings is 1. The van der Waals surface area contributed by atoms with E-state index < -0.39 is 0 Å². The molecule has 0 aliphatic rings. The van der Waals surface area contributed by atoms with Crippen LogP contribution in [0.1, 0.15) is 11.8 Å². The Morgan fingerprint density at radius 1 is 1.19 bits per heavy atom. The first kappa shape index (κ1) is 11.2. The number of rotatable bonds is 4. The van der Waals surface area contributed by atoms with E-state index in [1.165, 1.54) is 10.4 Å². The van der Waals surface area contributed by atoms with Crippen LogP contribution in [-0.2, 0) is 6.54 Å². The summed E-state index contributed by atoms with van der Waals surface area (Å²) in [5.41, 5.74) is 8.05. The van der Waals surface area contributed by atoms with Crippen molar-refractivity contribution >= 4 is 11.3 Å². The van der Waals surface area contributed by atoms with Gasteiger partial charge in [-0.3, -0.25) is 0 Å². The van der Waals surface area contributed by atoms with Gasteiger partial charge in [-0.1, -0.05) is 18.2 Å². The Morgan fingerprint density at radius 3 is 2.75 bits per heavy atom. The van der Waals surface area contributed by atoms with E-state index in [-0.39, 0.29) is 0 Å². The highest BCUT2D eigenvalue weighted by Crippen LogP contribution is 2.34. The highest BCUT2D eigenvalue weighted by molar-refractivity contribution is 7.10. The van der Waals surface area contributed by atoms with E-state index in [1.807, 2.05) is 25.1 Å². The maximum atomic E-state index is 5.73. The number of ether oxygens (including phenoxy) is 1. The molecule has 16 heavy (non-hydrogen) atoms. The van der Waals surface area contributed by atoms with E-state index in [1.54, 1.807) is 11.3 Å². The molecule has 0 bridgehead atoms. The topological polar surface area (TPSA) is 35.2 Å². The van der Waals surface area contributed by atoms with Crippen molar-refractivity contribution in [1.82, 2.24) is 0 Å². The SMILES string of the molecule is CCOc1ccccc1-c1ccsc1CN. The Kier molecular flexibility index (Phi) is 3.59. The van der Waals surface area contributed by atoms with E-state index in [2.05, 4.69) is 17.5 Å². The Labute approximate surface area is 99.7 Å². The third-order valence-corrected chi connectivity index (χ3v) is 3.35. The largest absolute Gasteiger partial charge is 0.493 e. The monoisotopic (exact) mass is 233 g/mol. The van der Waals surface area contributed by atoms with Gasteiger partial charge in [-0.15, -0.1) is 11.3 Å². The summed E-state index contributed by atoms with van der Waals surface area (Å²) in [6, 6.07) is 10.2. The number of nitrogens with two attached hydrogens (primary N) is 1. The standard InChI is InChI=1S/C13H15NOS/c1-2-15-12-6-4-3-5-10(12)11-7-8-16-13(11)9-14/h3-8H,2,9,14H2,1H3. The summed E-state index contributed by atoms with van der Waals surface area (Å²) in [6.07, 6.45) is 0. The maximum absolute atomic E-state index is 5.73. The normalized spacial score (nSPS) is 10.4. The zero-order chi connectivity index (χ0) is 11.4. The first-order valence-corrected chi connectivity index (χ1v) is 6.23. The molecule has 0 saturated carbocycles. The molecule has 84 valence electrons. The van der Waals surface area contributed by atoms with Crippen LogP contribution >= 0.6 is 11.3 Å². The van der Waals surface area contributed by atoms with E-state index in [4.69, 9.17) is 10.5 Å². The second-order valence-corrected chi connectivity index (χ2v) is 4.39. The lowest BCUT2D eigenvalue weighted by Crippen LogP contribution is -1.97. The molecule has 2 aromatic rings. The van der Waals surface area contributed by atoms with Gasteiger partial charge in [0, 0.05) is 22.5 Å². The summed E-state index contributed by atoms with van der Waals surface area (Å²) < 4.78 is 5.62. The summed E-state index contributed by atoms with van der Waals surface area (Å²) in [7, 11) is 0. The summed E-state index contributed by atoms with van der Waals surface area (Å²) in [4.78, 5) is 1.20. The Morgan fingerprint density at radius 2 is 2.00 bits per heavy atom. The van der Waals surface area contributed by atoms with Crippen molar-refractivity contribution in [2.45, 2.75) is 13.5 Å². The van der Waals surface area contributed by atoms with Gasteiger partial charge >= 0.3 is 0 Å². The molecule has 1 aromatic carbocycles. The van der Waals surface area contributed by atoms with Crippen LogP contribution in [0.3, 0.4) is 0 Å². The van der Waals surface area contributed by atoms with E-state index in [9.17, 15) is 0 Å². The van der Waals surface area contributed by atoms with Crippen molar-refractivity contribution in [2.24, 2.45) is 5.73 Å². The molecular weight excluding hydrogens is 218 g/mol. The van der Waals surface area contributed by atoms with Crippen LogP contribution in [0, 0.1) is 0 Å². The van der Waals surface area contributed by atoms with Crippen molar-refractivity contribution in [3.8, 4) is 16.9 Å². The van der Waals surface area contributed by atoms with Gasteiger partial charge in [0.05, 0.1) is 6.61 Å². The number of hydrogen-bond acceptors (Lipinski definition) is 3. The van der Waals surface area contributed by atoms with Crippen LogP contribution in [0.2, 0.25) is 0 Å². The molecule has 0 spiro atoms. The van der Waals surface area contributed by atoms with Crippen LogP contribution in [-0.4, -0.2) is 6.61 Å². The van der Waals surface area contributed by atoms with Crippen LogP contribution in [0.4, 0.5) is 0 Å². The van der Waals surface area contributed by atoms with Gasteiger partial charge in [0.25, 0.3) is 0 Å². The lowest BCUT2D eigenvalue weighted by Gasteiger charge is -2.10. The minimum Gasteiger partial charge on any atom is -0.493 e. The quantitative estimate of drug-likeness (QED) is 0.879. The molecule has 0 amide bonds. The average Bonchev–Trinajstić information content (AvgIpc) is 2.78. The van der Waals surface area contributed by atoms with Gasteiger partial charge in [-0.05, 0) is 24.4 Å². The molecule has 0 radical (unpaired) electrons. The fourth-order valence-corrected chi connectivity index (χ4v) is 2.48. The fraction of sp³-hybridized carbons (Fsp3) is 0.231.